The summed E-state index contributed by atoms with van der Waals surface area (Å²) in [5.74, 6) is 5.07. The minimum atomic E-state index is -0.719. The number of hydrazine groups is 1. The number of fused-ring (bicyclic) bond motifs is 1. The highest BCUT2D eigenvalue weighted by molar-refractivity contribution is 6.13. The molecule has 29 heavy (non-hydrogen) atoms. The van der Waals surface area contributed by atoms with Crippen LogP contribution < -0.4 is 28.5 Å². The minimum Gasteiger partial charge on any atom is -0.395 e. The Morgan fingerprint density at radius 2 is 2.10 bits per heavy atom. The van der Waals surface area contributed by atoms with Crippen molar-refractivity contribution in [2.45, 2.75) is 32.6 Å². The third kappa shape index (κ3) is 3.09. The van der Waals surface area contributed by atoms with Gasteiger partial charge in [-0.3, -0.25) is 20.2 Å². The average molecular weight is 392 g/mol. The summed E-state index contributed by atoms with van der Waals surface area (Å²) in [6, 6.07) is 2.24. The lowest BCUT2D eigenvalue weighted by atomic mass is 10.1. The Morgan fingerprint density at radius 3 is 2.59 bits per heavy atom. The molecule has 9 N–H and O–H groups in total. The number of aromatic nitrogens is 2. The van der Waals surface area contributed by atoms with Crippen LogP contribution in [0.25, 0.3) is 16.6 Å². The van der Waals surface area contributed by atoms with E-state index in [1.165, 1.54) is 0 Å². The first-order chi connectivity index (χ1) is 13.8. The second-order valence-corrected chi connectivity index (χ2v) is 6.98. The second kappa shape index (κ2) is 7.33. The summed E-state index contributed by atoms with van der Waals surface area (Å²) in [4.78, 5) is 16.7. The molecule has 0 spiro atoms. The molecular formula is C20H24N8O. The number of nitrogens with two attached hydrogens (primary N) is 4. The number of nitrogen functional groups attached to an aromatic ring is 1. The molecular weight excluding hydrogens is 368 g/mol. The molecule has 1 aliphatic rings. The van der Waals surface area contributed by atoms with Crippen molar-refractivity contribution in [1.29, 1.82) is 5.26 Å². The lowest BCUT2D eigenvalue weighted by molar-refractivity contribution is 0.100. The van der Waals surface area contributed by atoms with Gasteiger partial charge in [0.1, 0.15) is 11.9 Å². The summed E-state index contributed by atoms with van der Waals surface area (Å²) >= 11 is 0. The van der Waals surface area contributed by atoms with Crippen LogP contribution in [0.2, 0.25) is 0 Å². The number of carbonyl (C=O) groups excluding carboxylic acids is 1. The molecule has 2 aromatic heterocycles. The maximum atomic E-state index is 12.2. The van der Waals surface area contributed by atoms with Crippen molar-refractivity contribution >= 4 is 28.3 Å². The number of anilines is 1. The highest BCUT2D eigenvalue weighted by Crippen LogP contribution is 2.44. The van der Waals surface area contributed by atoms with Gasteiger partial charge in [0.15, 0.2) is 0 Å². The fourth-order valence-electron chi connectivity index (χ4n) is 3.44. The minimum absolute atomic E-state index is 0.0720. The number of hydrogen-bond donors (Lipinski definition) is 5. The Balaban J connectivity index is 2.56. The number of primary amides is 1. The van der Waals surface area contributed by atoms with Crippen molar-refractivity contribution in [3.05, 3.63) is 52.6 Å². The van der Waals surface area contributed by atoms with Crippen molar-refractivity contribution in [3.8, 4) is 6.07 Å². The van der Waals surface area contributed by atoms with Crippen LogP contribution in [0.4, 0.5) is 5.82 Å². The highest BCUT2D eigenvalue weighted by Gasteiger charge is 2.32. The van der Waals surface area contributed by atoms with E-state index in [1.807, 2.05) is 19.9 Å². The number of amides is 1. The van der Waals surface area contributed by atoms with Crippen LogP contribution in [0.3, 0.4) is 0 Å². The van der Waals surface area contributed by atoms with E-state index >= 15 is 0 Å². The van der Waals surface area contributed by atoms with E-state index in [1.54, 1.807) is 10.8 Å². The molecule has 9 heteroatoms. The van der Waals surface area contributed by atoms with Crippen molar-refractivity contribution < 1.29 is 4.79 Å². The van der Waals surface area contributed by atoms with E-state index in [0.29, 0.717) is 27.9 Å². The van der Waals surface area contributed by atoms with E-state index in [4.69, 9.17) is 23.0 Å². The van der Waals surface area contributed by atoms with Gasteiger partial charge in [-0.25, -0.2) is 0 Å². The predicted molar refractivity (Wildman–Crippen MR) is 113 cm³/mol. The van der Waals surface area contributed by atoms with Gasteiger partial charge in [-0.15, -0.1) is 0 Å². The predicted octanol–water partition coefficient (Wildman–Crippen LogP) is 1.54. The highest BCUT2D eigenvalue weighted by atomic mass is 16.1. The first-order valence-corrected chi connectivity index (χ1v) is 9.10. The van der Waals surface area contributed by atoms with Gasteiger partial charge in [0.2, 0.25) is 0 Å². The quantitative estimate of drug-likeness (QED) is 0.281. The zero-order chi connectivity index (χ0) is 21.5. The Hall–Kier alpha value is -3.77. The van der Waals surface area contributed by atoms with Gasteiger partial charge in [-0.2, -0.15) is 5.26 Å². The molecule has 2 heterocycles. The molecule has 1 amide bonds. The fraction of sp³-hybridized carbons (Fsp3) is 0.250. The van der Waals surface area contributed by atoms with Crippen molar-refractivity contribution in [2.75, 3.05) is 5.73 Å². The van der Waals surface area contributed by atoms with Crippen molar-refractivity contribution in [2.24, 2.45) is 17.3 Å². The standard InChI is InChI=1S/C20H24N8O/c1-4-9(2)17(15(22)10(3)27-25)28-18-12(7-21)16(11-5-6-11)26-8-13(18)14(19(28)23)20(24)29/h4,8,11,27H,3,5-6,22-23,25H2,1-2H3,(H2,24,29)/b9-4-,17-15-. The monoisotopic (exact) mass is 392 g/mol. The number of nitrogens with one attached hydrogen (secondary N) is 1. The fourth-order valence-corrected chi connectivity index (χ4v) is 3.44. The first-order valence-electron chi connectivity index (χ1n) is 9.10. The van der Waals surface area contributed by atoms with E-state index < -0.39 is 5.91 Å². The van der Waals surface area contributed by atoms with Crippen LogP contribution in [0.5, 0.6) is 0 Å². The number of allylic oxidation sites excluding steroid dienone is 3. The summed E-state index contributed by atoms with van der Waals surface area (Å²) in [6.45, 7) is 7.48. The summed E-state index contributed by atoms with van der Waals surface area (Å²) < 4.78 is 1.58. The van der Waals surface area contributed by atoms with Gasteiger partial charge in [-0.1, -0.05) is 12.7 Å². The molecule has 1 saturated carbocycles. The zero-order valence-corrected chi connectivity index (χ0v) is 16.4. The van der Waals surface area contributed by atoms with Crippen LogP contribution in [-0.2, 0) is 0 Å². The number of carbonyl (C=O) groups is 1. The molecule has 0 aromatic carbocycles. The van der Waals surface area contributed by atoms with Gasteiger partial charge in [0, 0.05) is 17.5 Å². The molecule has 150 valence electrons. The molecule has 1 aliphatic carbocycles. The maximum Gasteiger partial charge on any atom is 0.253 e. The van der Waals surface area contributed by atoms with E-state index in [0.717, 1.165) is 18.4 Å². The summed E-state index contributed by atoms with van der Waals surface area (Å²) in [5, 5.41) is 10.4. The smallest absolute Gasteiger partial charge is 0.253 e. The van der Waals surface area contributed by atoms with E-state index in [2.05, 4.69) is 23.1 Å². The molecule has 0 saturated heterocycles. The third-order valence-electron chi connectivity index (χ3n) is 5.18. The number of nitrogens with zero attached hydrogens (tertiary/aromatic N) is 3. The topological polar surface area (TPSA) is 175 Å². The van der Waals surface area contributed by atoms with Crippen LogP contribution in [0, 0.1) is 11.3 Å². The van der Waals surface area contributed by atoms with Gasteiger partial charge in [0.25, 0.3) is 5.91 Å². The Morgan fingerprint density at radius 1 is 1.45 bits per heavy atom. The zero-order valence-electron chi connectivity index (χ0n) is 16.4. The molecule has 0 atom stereocenters. The summed E-state index contributed by atoms with van der Waals surface area (Å²) in [6.07, 6.45) is 5.29. The number of rotatable bonds is 6. The van der Waals surface area contributed by atoms with Crippen molar-refractivity contribution in [3.63, 3.8) is 0 Å². The Labute approximate surface area is 168 Å². The van der Waals surface area contributed by atoms with Gasteiger partial charge >= 0.3 is 0 Å². The molecule has 0 radical (unpaired) electrons. The maximum absolute atomic E-state index is 12.2. The van der Waals surface area contributed by atoms with Crippen LogP contribution in [0.15, 0.2) is 35.8 Å². The SMILES string of the molecule is C=C(NN)/C(N)=C(\C(C)=C/C)n1c(N)c(C(N)=O)c2cnc(C3CC3)c(C#N)c21. The van der Waals surface area contributed by atoms with Gasteiger partial charge < -0.3 is 22.6 Å². The lowest BCUT2D eigenvalue weighted by Gasteiger charge is -2.19. The molecule has 0 bridgehead atoms. The normalized spacial score (nSPS) is 15.0. The molecule has 0 aliphatic heterocycles. The third-order valence-corrected chi connectivity index (χ3v) is 5.18. The first kappa shape index (κ1) is 20.0. The molecule has 3 rings (SSSR count). The second-order valence-electron chi connectivity index (χ2n) is 6.98. The van der Waals surface area contributed by atoms with Crippen LogP contribution in [-0.4, -0.2) is 15.5 Å². The summed E-state index contributed by atoms with van der Waals surface area (Å²) in [5.41, 5.74) is 24.0. The lowest BCUT2D eigenvalue weighted by Crippen LogP contribution is -2.26. The Kier molecular flexibility index (Phi) is 5.05. The molecule has 1 fully saturated rings. The number of hydrogen-bond acceptors (Lipinski definition) is 7. The van der Waals surface area contributed by atoms with Crippen molar-refractivity contribution in [1.82, 2.24) is 15.0 Å². The van der Waals surface area contributed by atoms with Crippen LogP contribution >= 0.6 is 0 Å². The molecule has 9 nitrogen and oxygen atoms in total. The van der Waals surface area contributed by atoms with Crippen LogP contribution in [0.1, 0.15) is 54.2 Å². The largest absolute Gasteiger partial charge is 0.395 e. The van der Waals surface area contributed by atoms with Gasteiger partial charge in [-0.05, 0) is 32.3 Å². The Bertz CT molecular complexity index is 1140. The average Bonchev–Trinajstić information content (AvgIpc) is 3.50. The van der Waals surface area contributed by atoms with E-state index in [-0.39, 0.29) is 28.7 Å². The molecule has 2 aromatic rings. The number of pyridine rings is 1. The van der Waals surface area contributed by atoms with Gasteiger partial charge in [0.05, 0.1) is 39.4 Å². The molecule has 0 unspecified atom stereocenters. The van der Waals surface area contributed by atoms with E-state index in [9.17, 15) is 10.1 Å². The number of nitriles is 1. The summed E-state index contributed by atoms with van der Waals surface area (Å²) in [7, 11) is 0.